The summed E-state index contributed by atoms with van der Waals surface area (Å²) in [5, 5.41) is 3.77. The molecule has 2 rings (SSSR count). The molecule has 0 aliphatic heterocycles. The van der Waals surface area contributed by atoms with Gasteiger partial charge in [0.15, 0.2) is 0 Å². The van der Waals surface area contributed by atoms with Crippen molar-refractivity contribution in [2.45, 2.75) is 13.1 Å². The predicted octanol–water partition coefficient (Wildman–Crippen LogP) is 2.68. The maximum atomic E-state index is 5.95. The Bertz CT molecular complexity index is 512. The lowest BCUT2D eigenvalue weighted by atomic mass is 10.2. The van der Waals surface area contributed by atoms with E-state index >= 15 is 0 Å². The number of nitrogens with one attached hydrogen (secondary N) is 1. The molecule has 0 saturated heterocycles. The van der Waals surface area contributed by atoms with Crippen LogP contribution in [-0.4, -0.2) is 19.1 Å². The molecule has 0 unspecified atom stereocenters. The Hall–Kier alpha value is -1.52. The van der Waals surface area contributed by atoms with Gasteiger partial charge in [-0.2, -0.15) is 4.98 Å². The second-order valence-electron chi connectivity index (χ2n) is 4.14. The molecule has 2 aromatic rings. The Morgan fingerprint density at radius 3 is 3.00 bits per heavy atom. The van der Waals surface area contributed by atoms with Gasteiger partial charge in [-0.3, -0.25) is 0 Å². The van der Waals surface area contributed by atoms with Crippen LogP contribution in [-0.2, 0) is 13.1 Å². The average molecular weight is 266 g/mol. The second-order valence-corrected chi connectivity index (χ2v) is 4.57. The van der Waals surface area contributed by atoms with Crippen LogP contribution >= 0.6 is 11.6 Å². The Morgan fingerprint density at radius 2 is 2.28 bits per heavy atom. The largest absolute Gasteiger partial charge is 0.432 e. The smallest absolute Gasteiger partial charge is 0.297 e. The van der Waals surface area contributed by atoms with Crippen LogP contribution in [0.3, 0.4) is 0 Å². The molecule has 0 aliphatic rings. The number of oxazole rings is 1. The summed E-state index contributed by atoms with van der Waals surface area (Å²) in [4.78, 5) is 6.33. The van der Waals surface area contributed by atoms with Gasteiger partial charge >= 0.3 is 0 Å². The number of rotatable bonds is 5. The molecule has 0 fully saturated rings. The van der Waals surface area contributed by atoms with Crippen molar-refractivity contribution < 1.29 is 4.42 Å². The van der Waals surface area contributed by atoms with Crippen LogP contribution in [0.4, 0.5) is 6.01 Å². The quantitative estimate of drug-likeness (QED) is 0.903. The van der Waals surface area contributed by atoms with Gasteiger partial charge in [0.05, 0.1) is 5.69 Å². The normalized spacial score (nSPS) is 10.6. The summed E-state index contributed by atoms with van der Waals surface area (Å²) in [6.45, 7) is 1.41. The van der Waals surface area contributed by atoms with Crippen molar-refractivity contribution in [1.82, 2.24) is 10.3 Å². The van der Waals surface area contributed by atoms with E-state index in [4.69, 9.17) is 16.0 Å². The Labute approximate surface area is 112 Å². The van der Waals surface area contributed by atoms with Gasteiger partial charge < -0.3 is 14.6 Å². The fourth-order valence-corrected chi connectivity index (χ4v) is 1.92. The third-order valence-corrected chi connectivity index (χ3v) is 2.77. The summed E-state index contributed by atoms with van der Waals surface area (Å²) < 4.78 is 5.42. The topological polar surface area (TPSA) is 41.3 Å². The van der Waals surface area contributed by atoms with Crippen LogP contribution < -0.4 is 10.2 Å². The molecule has 0 aliphatic carbocycles. The molecule has 0 saturated carbocycles. The molecule has 0 amide bonds. The maximum Gasteiger partial charge on any atom is 0.297 e. The van der Waals surface area contributed by atoms with E-state index in [0.717, 1.165) is 16.3 Å². The minimum atomic E-state index is 0.611. The maximum absolute atomic E-state index is 5.95. The SMILES string of the molecule is CNCc1coc(N(C)Cc2cccc(Cl)c2)n1. The van der Waals surface area contributed by atoms with Crippen molar-refractivity contribution in [3.63, 3.8) is 0 Å². The summed E-state index contributed by atoms with van der Waals surface area (Å²) in [6, 6.07) is 8.38. The Morgan fingerprint density at radius 1 is 1.44 bits per heavy atom. The molecule has 1 aromatic carbocycles. The molecule has 1 N–H and O–H groups in total. The van der Waals surface area contributed by atoms with E-state index in [1.165, 1.54) is 0 Å². The number of aromatic nitrogens is 1. The number of halogens is 1. The van der Waals surface area contributed by atoms with Crippen LogP contribution in [0.5, 0.6) is 0 Å². The summed E-state index contributed by atoms with van der Waals surface area (Å²) in [6.07, 6.45) is 1.67. The highest BCUT2D eigenvalue weighted by Crippen LogP contribution is 2.17. The molecule has 0 spiro atoms. The molecular formula is C13H16ClN3O. The van der Waals surface area contributed by atoms with Gasteiger partial charge in [0.1, 0.15) is 6.26 Å². The van der Waals surface area contributed by atoms with Gasteiger partial charge in [0.2, 0.25) is 0 Å². The molecule has 96 valence electrons. The molecule has 1 aromatic heterocycles. The fourth-order valence-electron chi connectivity index (χ4n) is 1.71. The minimum absolute atomic E-state index is 0.611. The molecule has 0 bridgehead atoms. The summed E-state index contributed by atoms with van der Waals surface area (Å²) in [7, 11) is 3.82. The van der Waals surface area contributed by atoms with Crippen LogP contribution in [0.1, 0.15) is 11.3 Å². The first-order valence-electron chi connectivity index (χ1n) is 5.73. The summed E-state index contributed by atoms with van der Waals surface area (Å²) in [5.74, 6) is 0. The number of anilines is 1. The van der Waals surface area contributed by atoms with Gasteiger partial charge in [-0.25, -0.2) is 0 Å². The van der Waals surface area contributed by atoms with Gasteiger partial charge in [-0.1, -0.05) is 23.7 Å². The molecule has 5 heteroatoms. The average Bonchev–Trinajstić information content (AvgIpc) is 2.78. The van der Waals surface area contributed by atoms with Crippen molar-refractivity contribution in [2.75, 3.05) is 19.0 Å². The van der Waals surface area contributed by atoms with Gasteiger partial charge in [-0.15, -0.1) is 0 Å². The number of nitrogens with zero attached hydrogens (tertiary/aromatic N) is 2. The van der Waals surface area contributed by atoms with E-state index in [1.807, 2.05) is 43.3 Å². The lowest BCUT2D eigenvalue weighted by Crippen LogP contribution is -2.17. The highest BCUT2D eigenvalue weighted by molar-refractivity contribution is 6.30. The highest BCUT2D eigenvalue weighted by atomic mass is 35.5. The van der Waals surface area contributed by atoms with Gasteiger partial charge in [-0.05, 0) is 24.7 Å². The van der Waals surface area contributed by atoms with Crippen LogP contribution in [0, 0.1) is 0 Å². The van der Waals surface area contributed by atoms with Crippen molar-refractivity contribution in [2.24, 2.45) is 0 Å². The van der Waals surface area contributed by atoms with Crippen molar-refractivity contribution >= 4 is 17.6 Å². The molecule has 1 heterocycles. The van der Waals surface area contributed by atoms with E-state index in [-0.39, 0.29) is 0 Å². The minimum Gasteiger partial charge on any atom is -0.432 e. The lowest BCUT2D eigenvalue weighted by molar-refractivity contribution is 0.543. The third-order valence-electron chi connectivity index (χ3n) is 2.53. The third kappa shape index (κ3) is 3.24. The summed E-state index contributed by atoms with van der Waals surface area (Å²) >= 11 is 5.95. The second kappa shape index (κ2) is 5.89. The van der Waals surface area contributed by atoms with Gasteiger partial charge in [0.25, 0.3) is 6.01 Å². The number of benzene rings is 1. The monoisotopic (exact) mass is 265 g/mol. The zero-order valence-corrected chi connectivity index (χ0v) is 11.2. The van der Waals surface area contributed by atoms with E-state index < -0.39 is 0 Å². The van der Waals surface area contributed by atoms with Crippen LogP contribution in [0.25, 0.3) is 0 Å². The van der Waals surface area contributed by atoms with Crippen molar-refractivity contribution in [3.8, 4) is 0 Å². The molecule has 0 atom stereocenters. The van der Waals surface area contributed by atoms with Crippen LogP contribution in [0.15, 0.2) is 34.9 Å². The Kier molecular flexibility index (Phi) is 4.23. The van der Waals surface area contributed by atoms with E-state index in [9.17, 15) is 0 Å². The zero-order valence-electron chi connectivity index (χ0n) is 10.5. The molecule has 4 nitrogen and oxygen atoms in total. The van der Waals surface area contributed by atoms with E-state index in [0.29, 0.717) is 19.1 Å². The van der Waals surface area contributed by atoms with E-state index in [2.05, 4.69) is 10.3 Å². The van der Waals surface area contributed by atoms with Crippen LogP contribution in [0.2, 0.25) is 5.02 Å². The first kappa shape index (κ1) is 12.9. The van der Waals surface area contributed by atoms with Crippen molar-refractivity contribution in [3.05, 3.63) is 46.8 Å². The number of hydrogen-bond acceptors (Lipinski definition) is 4. The first-order valence-corrected chi connectivity index (χ1v) is 6.11. The van der Waals surface area contributed by atoms with Gasteiger partial charge in [0, 0.05) is 25.2 Å². The predicted molar refractivity (Wildman–Crippen MR) is 72.8 cm³/mol. The first-order chi connectivity index (χ1) is 8.69. The Balaban J connectivity index is 2.04. The highest BCUT2D eigenvalue weighted by Gasteiger charge is 2.09. The molecular weight excluding hydrogens is 250 g/mol. The lowest BCUT2D eigenvalue weighted by Gasteiger charge is -2.14. The summed E-state index contributed by atoms with van der Waals surface area (Å²) in [5.41, 5.74) is 2.02. The van der Waals surface area contributed by atoms with Crippen molar-refractivity contribution in [1.29, 1.82) is 0 Å². The molecule has 18 heavy (non-hydrogen) atoms. The standard InChI is InChI=1S/C13H16ClN3O/c1-15-7-12-9-18-13(16-12)17(2)8-10-4-3-5-11(14)6-10/h3-6,9,15H,7-8H2,1-2H3. The number of hydrogen-bond donors (Lipinski definition) is 1. The fraction of sp³-hybridized carbons (Fsp3) is 0.308. The van der Waals surface area contributed by atoms with E-state index in [1.54, 1.807) is 6.26 Å². The molecule has 0 radical (unpaired) electrons. The zero-order chi connectivity index (χ0) is 13.0.